The number of carbonyl (C=O) groups is 4. The lowest BCUT2D eigenvalue weighted by atomic mass is 10.00. The number of nitrogens with one attached hydrogen (secondary N) is 2. The van der Waals surface area contributed by atoms with Crippen molar-refractivity contribution < 1.29 is 24.3 Å². The molecular weight excluding hydrogens is 334 g/mol. The van der Waals surface area contributed by atoms with Crippen molar-refractivity contribution in [1.29, 1.82) is 0 Å². The Morgan fingerprint density at radius 2 is 2.00 bits per heavy atom. The lowest BCUT2D eigenvalue weighted by Crippen LogP contribution is -2.49. The van der Waals surface area contributed by atoms with Gasteiger partial charge in [0.15, 0.2) is 0 Å². The maximum absolute atomic E-state index is 12.2. The molecule has 1 aliphatic rings. The zero-order chi connectivity index (χ0) is 17.9. The van der Waals surface area contributed by atoms with E-state index in [2.05, 4.69) is 10.7 Å². The Hall–Kier alpha value is -2.55. The third kappa shape index (κ3) is 3.51. The van der Waals surface area contributed by atoms with Crippen LogP contribution >= 0.6 is 11.8 Å². The van der Waals surface area contributed by atoms with Crippen molar-refractivity contribution in [3.05, 3.63) is 29.8 Å². The maximum atomic E-state index is 12.2. The lowest BCUT2D eigenvalue weighted by Gasteiger charge is -2.19. The molecule has 1 heterocycles. The fourth-order valence-corrected chi connectivity index (χ4v) is 2.93. The normalized spacial score (nSPS) is 20.0. The minimum absolute atomic E-state index is 0.0869. The van der Waals surface area contributed by atoms with Crippen LogP contribution in [0.15, 0.2) is 29.2 Å². The van der Waals surface area contributed by atoms with Crippen LogP contribution in [0.2, 0.25) is 0 Å². The SMILES string of the molecule is CC[C@@]1(C)NC(=O)N(NC(=O)CSc2ccccc2C(=O)O)C1=O. The summed E-state index contributed by atoms with van der Waals surface area (Å²) in [6.07, 6.45) is 0.394. The van der Waals surface area contributed by atoms with Gasteiger partial charge in [-0.25, -0.2) is 9.59 Å². The van der Waals surface area contributed by atoms with Gasteiger partial charge in [-0.05, 0) is 25.5 Å². The van der Waals surface area contributed by atoms with Gasteiger partial charge in [0, 0.05) is 4.90 Å². The molecule has 9 heteroatoms. The number of aromatic carboxylic acids is 1. The molecule has 0 bridgehead atoms. The van der Waals surface area contributed by atoms with Crippen LogP contribution in [0.5, 0.6) is 0 Å². The summed E-state index contributed by atoms with van der Waals surface area (Å²) in [6, 6.07) is 5.59. The van der Waals surface area contributed by atoms with Crippen molar-refractivity contribution in [3.8, 4) is 0 Å². The molecule has 0 unspecified atom stereocenters. The van der Waals surface area contributed by atoms with E-state index in [-0.39, 0.29) is 11.3 Å². The van der Waals surface area contributed by atoms with E-state index in [0.29, 0.717) is 16.3 Å². The van der Waals surface area contributed by atoms with Crippen molar-refractivity contribution in [1.82, 2.24) is 15.8 Å². The molecule has 2 rings (SSSR count). The largest absolute Gasteiger partial charge is 0.478 e. The third-order valence-corrected chi connectivity index (χ3v) is 4.75. The summed E-state index contributed by atoms with van der Waals surface area (Å²) in [5, 5.41) is 12.3. The van der Waals surface area contributed by atoms with E-state index in [1.165, 1.54) is 6.07 Å². The van der Waals surface area contributed by atoms with Crippen LogP contribution in [-0.2, 0) is 9.59 Å². The maximum Gasteiger partial charge on any atom is 0.344 e. The van der Waals surface area contributed by atoms with Gasteiger partial charge in [0.05, 0.1) is 11.3 Å². The summed E-state index contributed by atoms with van der Waals surface area (Å²) in [5.41, 5.74) is 1.30. The lowest BCUT2D eigenvalue weighted by molar-refractivity contribution is -0.137. The van der Waals surface area contributed by atoms with Crippen LogP contribution in [0.1, 0.15) is 30.6 Å². The van der Waals surface area contributed by atoms with Crippen molar-refractivity contribution in [2.24, 2.45) is 0 Å². The van der Waals surface area contributed by atoms with Crippen LogP contribution in [0.4, 0.5) is 4.79 Å². The molecule has 1 saturated heterocycles. The number of thioether (sulfide) groups is 1. The van der Waals surface area contributed by atoms with Crippen LogP contribution in [-0.4, -0.2) is 45.2 Å². The Labute approximate surface area is 142 Å². The molecule has 1 aromatic rings. The molecule has 1 aromatic carbocycles. The molecule has 1 fully saturated rings. The Balaban J connectivity index is 1.99. The average molecular weight is 351 g/mol. The van der Waals surface area contributed by atoms with Crippen LogP contribution < -0.4 is 10.7 Å². The molecule has 0 aromatic heterocycles. The number of imide groups is 1. The highest BCUT2D eigenvalue weighted by Gasteiger charge is 2.47. The fourth-order valence-electron chi connectivity index (χ4n) is 2.09. The first kappa shape index (κ1) is 17.8. The molecule has 0 radical (unpaired) electrons. The fraction of sp³-hybridized carbons (Fsp3) is 0.333. The highest BCUT2D eigenvalue weighted by atomic mass is 32.2. The number of nitrogens with zero attached hydrogens (tertiary/aromatic N) is 1. The first-order valence-electron chi connectivity index (χ1n) is 7.20. The minimum atomic E-state index is -1.09. The van der Waals surface area contributed by atoms with E-state index in [4.69, 9.17) is 5.11 Å². The van der Waals surface area contributed by atoms with E-state index < -0.39 is 29.4 Å². The molecule has 24 heavy (non-hydrogen) atoms. The van der Waals surface area contributed by atoms with E-state index in [1.54, 1.807) is 32.0 Å². The van der Waals surface area contributed by atoms with Crippen LogP contribution in [0.25, 0.3) is 0 Å². The second-order valence-electron chi connectivity index (χ2n) is 5.38. The molecular formula is C15H17N3O5S. The number of benzene rings is 1. The zero-order valence-electron chi connectivity index (χ0n) is 13.2. The molecule has 128 valence electrons. The molecule has 4 amide bonds. The molecule has 0 saturated carbocycles. The Morgan fingerprint density at radius 1 is 1.33 bits per heavy atom. The Kier molecular flexibility index (Phi) is 5.13. The topological polar surface area (TPSA) is 116 Å². The number of hydrogen-bond donors (Lipinski definition) is 3. The number of rotatable bonds is 6. The number of carboxylic acid groups (broad SMARTS) is 1. The molecule has 1 aliphatic heterocycles. The number of amides is 4. The minimum Gasteiger partial charge on any atom is -0.478 e. The molecule has 0 spiro atoms. The van der Waals surface area contributed by atoms with E-state index in [0.717, 1.165) is 11.8 Å². The van der Waals surface area contributed by atoms with E-state index >= 15 is 0 Å². The third-order valence-electron chi connectivity index (χ3n) is 3.68. The van der Waals surface area contributed by atoms with Gasteiger partial charge in [-0.15, -0.1) is 11.8 Å². The predicted octanol–water partition coefficient (Wildman–Crippen LogP) is 1.23. The van der Waals surface area contributed by atoms with Gasteiger partial charge in [-0.1, -0.05) is 19.1 Å². The summed E-state index contributed by atoms with van der Waals surface area (Å²) < 4.78 is 0. The molecule has 8 nitrogen and oxygen atoms in total. The Morgan fingerprint density at radius 3 is 2.58 bits per heavy atom. The number of urea groups is 1. The quantitative estimate of drug-likeness (QED) is 0.524. The Bertz CT molecular complexity index is 708. The summed E-state index contributed by atoms with van der Waals surface area (Å²) in [4.78, 5) is 47.5. The first-order chi connectivity index (χ1) is 11.3. The van der Waals surface area contributed by atoms with Gasteiger partial charge in [0.25, 0.3) is 5.91 Å². The summed E-state index contributed by atoms with van der Waals surface area (Å²) in [7, 11) is 0. The smallest absolute Gasteiger partial charge is 0.344 e. The van der Waals surface area contributed by atoms with E-state index in [1.807, 2.05) is 0 Å². The van der Waals surface area contributed by atoms with Gasteiger partial charge in [0.1, 0.15) is 5.54 Å². The van der Waals surface area contributed by atoms with Gasteiger partial charge in [-0.3, -0.25) is 15.0 Å². The second kappa shape index (κ2) is 6.91. The van der Waals surface area contributed by atoms with Crippen LogP contribution in [0, 0.1) is 0 Å². The van der Waals surface area contributed by atoms with Crippen molar-refractivity contribution in [2.75, 3.05) is 5.75 Å². The number of carboxylic acids is 1. The summed E-state index contributed by atoms with van der Waals surface area (Å²) >= 11 is 1.01. The highest BCUT2D eigenvalue weighted by molar-refractivity contribution is 8.00. The predicted molar refractivity (Wildman–Crippen MR) is 86.3 cm³/mol. The first-order valence-corrected chi connectivity index (χ1v) is 8.18. The highest BCUT2D eigenvalue weighted by Crippen LogP contribution is 2.23. The number of hydrazine groups is 1. The molecule has 0 aliphatic carbocycles. The zero-order valence-corrected chi connectivity index (χ0v) is 14.0. The monoisotopic (exact) mass is 351 g/mol. The second-order valence-corrected chi connectivity index (χ2v) is 6.40. The van der Waals surface area contributed by atoms with Gasteiger partial charge >= 0.3 is 12.0 Å². The summed E-state index contributed by atoms with van der Waals surface area (Å²) in [5.74, 6) is -2.33. The summed E-state index contributed by atoms with van der Waals surface area (Å²) in [6.45, 7) is 3.33. The number of hydrogen-bond acceptors (Lipinski definition) is 5. The molecule has 1 atom stereocenters. The van der Waals surface area contributed by atoms with Gasteiger partial charge in [0.2, 0.25) is 5.91 Å². The van der Waals surface area contributed by atoms with Gasteiger partial charge < -0.3 is 10.4 Å². The number of carbonyl (C=O) groups excluding carboxylic acids is 3. The van der Waals surface area contributed by atoms with Crippen LogP contribution in [0.3, 0.4) is 0 Å². The molecule has 3 N–H and O–H groups in total. The standard InChI is InChI=1S/C15H17N3O5S/c1-3-15(2)13(22)18(14(23)16-15)17-11(19)8-24-10-7-5-4-6-9(10)12(20)21/h4-7H,3,8H2,1-2H3,(H,16,23)(H,17,19)(H,20,21)/t15-/m1/s1. The van der Waals surface area contributed by atoms with Crippen molar-refractivity contribution in [2.45, 2.75) is 30.7 Å². The van der Waals surface area contributed by atoms with E-state index in [9.17, 15) is 19.2 Å². The van der Waals surface area contributed by atoms with Crippen molar-refractivity contribution >= 4 is 35.6 Å². The average Bonchev–Trinajstić information content (AvgIpc) is 2.77. The van der Waals surface area contributed by atoms with Crippen molar-refractivity contribution in [3.63, 3.8) is 0 Å². The van der Waals surface area contributed by atoms with Gasteiger partial charge in [-0.2, -0.15) is 5.01 Å².